The van der Waals surface area contributed by atoms with Crippen molar-refractivity contribution in [2.75, 3.05) is 19.7 Å². The maximum Gasteiger partial charge on any atom is 0.308 e. The number of piperazine rings is 1. The van der Waals surface area contributed by atoms with E-state index in [-0.39, 0.29) is 23.5 Å². The largest absolute Gasteiger partial charge is 0.493 e. The highest BCUT2D eigenvalue weighted by atomic mass is 32.1. The molecule has 1 aromatic rings. The van der Waals surface area contributed by atoms with Crippen LogP contribution in [0.5, 0.6) is 5.75 Å². The molecule has 0 spiro atoms. The lowest BCUT2D eigenvalue weighted by atomic mass is 9.98. The lowest BCUT2D eigenvalue weighted by Crippen LogP contribution is -2.60. The number of para-hydroxylation sites is 1. The Morgan fingerprint density at radius 1 is 1.23 bits per heavy atom. The van der Waals surface area contributed by atoms with Crippen LogP contribution in [0.1, 0.15) is 55.8 Å². The van der Waals surface area contributed by atoms with E-state index in [1.54, 1.807) is 29.2 Å². The van der Waals surface area contributed by atoms with E-state index in [9.17, 15) is 14.4 Å². The molecule has 1 aliphatic carbocycles. The molecule has 1 aliphatic heterocycles. The van der Waals surface area contributed by atoms with E-state index in [2.05, 4.69) is 10.6 Å². The van der Waals surface area contributed by atoms with Crippen LogP contribution >= 0.6 is 12.2 Å². The summed E-state index contributed by atoms with van der Waals surface area (Å²) < 4.78 is 11.1. The minimum Gasteiger partial charge on any atom is -0.493 e. The van der Waals surface area contributed by atoms with Crippen molar-refractivity contribution in [3.05, 3.63) is 29.8 Å². The lowest BCUT2D eigenvalue weighted by molar-refractivity contribution is -0.153. The van der Waals surface area contributed by atoms with Crippen LogP contribution in [0.4, 0.5) is 0 Å². The zero-order valence-corrected chi connectivity index (χ0v) is 18.5. The van der Waals surface area contributed by atoms with Crippen molar-refractivity contribution in [3.8, 4) is 5.75 Å². The normalized spacial score (nSPS) is 19.3. The zero-order chi connectivity index (χ0) is 22.2. The highest BCUT2D eigenvalue weighted by molar-refractivity contribution is 7.80. The summed E-state index contributed by atoms with van der Waals surface area (Å²) in [6.45, 7) is 3.02. The van der Waals surface area contributed by atoms with E-state index >= 15 is 0 Å². The quantitative estimate of drug-likeness (QED) is 0.510. The van der Waals surface area contributed by atoms with Gasteiger partial charge in [0.05, 0.1) is 18.6 Å². The molecule has 31 heavy (non-hydrogen) atoms. The smallest absolute Gasteiger partial charge is 0.308 e. The number of hydrogen-bond acceptors (Lipinski definition) is 6. The first-order valence-corrected chi connectivity index (χ1v) is 11.2. The Morgan fingerprint density at radius 3 is 2.71 bits per heavy atom. The molecule has 0 aromatic heterocycles. The number of nitrogens with one attached hydrogen (secondary N) is 2. The highest BCUT2D eigenvalue weighted by Gasteiger charge is 2.35. The van der Waals surface area contributed by atoms with Crippen LogP contribution in [0.25, 0.3) is 0 Å². The topological polar surface area (TPSA) is 97.0 Å². The number of nitrogens with zero attached hydrogens (tertiary/aromatic N) is 1. The third kappa shape index (κ3) is 6.16. The molecule has 1 aromatic carbocycles. The van der Waals surface area contributed by atoms with Crippen molar-refractivity contribution in [2.45, 2.75) is 57.6 Å². The minimum atomic E-state index is -0.820. The average Bonchev–Trinajstić information content (AvgIpc) is 2.76. The fourth-order valence-corrected chi connectivity index (χ4v) is 4.22. The predicted molar refractivity (Wildman–Crippen MR) is 119 cm³/mol. The molecular weight excluding hydrogens is 418 g/mol. The van der Waals surface area contributed by atoms with Gasteiger partial charge < -0.3 is 19.7 Å². The number of rotatable bonds is 6. The standard InChI is InChI=1S/C22H29N3O5S/c1-2-29-18-11-7-6-10-16(18)20(27)24-22(31)25-13-12-23-21(28)17(25)14-19(26)30-15-8-4-3-5-9-15/h6-7,10-11,15,17H,2-5,8-9,12-14H2,1H3,(H,23,28)(H,24,27,31). The summed E-state index contributed by atoms with van der Waals surface area (Å²) in [6.07, 6.45) is 4.78. The summed E-state index contributed by atoms with van der Waals surface area (Å²) in [5.74, 6) is -0.703. The van der Waals surface area contributed by atoms with Gasteiger partial charge in [0.25, 0.3) is 5.91 Å². The Bertz CT molecular complexity index is 825. The first-order chi connectivity index (χ1) is 15.0. The predicted octanol–water partition coefficient (Wildman–Crippen LogP) is 2.17. The number of amides is 2. The molecule has 1 saturated heterocycles. The summed E-state index contributed by atoms with van der Waals surface area (Å²) in [5.41, 5.74) is 0.349. The van der Waals surface area contributed by atoms with E-state index in [0.29, 0.717) is 31.0 Å². The van der Waals surface area contributed by atoms with Gasteiger partial charge in [-0.25, -0.2) is 0 Å². The maximum absolute atomic E-state index is 12.8. The van der Waals surface area contributed by atoms with Gasteiger partial charge in [-0.1, -0.05) is 18.6 Å². The minimum absolute atomic E-state index is 0.0805. The molecule has 0 bridgehead atoms. The van der Waals surface area contributed by atoms with Crippen LogP contribution in [0.15, 0.2) is 24.3 Å². The second kappa shape index (κ2) is 11.1. The number of benzene rings is 1. The van der Waals surface area contributed by atoms with Gasteiger partial charge in [-0.15, -0.1) is 0 Å². The van der Waals surface area contributed by atoms with Crippen molar-refractivity contribution in [3.63, 3.8) is 0 Å². The maximum atomic E-state index is 12.8. The van der Waals surface area contributed by atoms with Crippen molar-refractivity contribution >= 4 is 35.1 Å². The second-order valence-electron chi connectivity index (χ2n) is 7.64. The number of carbonyl (C=O) groups is 3. The van der Waals surface area contributed by atoms with Gasteiger partial charge in [0.2, 0.25) is 5.91 Å². The third-order valence-corrected chi connectivity index (χ3v) is 5.79. The van der Waals surface area contributed by atoms with E-state index in [1.807, 2.05) is 6.92 Å². The van der Waals surface area contributed by atoms with Crippen LogP contribution in [0, 0.1) is 0 Å². The van der Waals surface area contributed by atoms with Crippen LogP contribution in [-0.4, -0.2) is 59.6 Å². The molecule has 1 unspecified atom stereocenters. The molecule has 1 heterocycles. The summed E-state index contributed by atoms with van der Waals surface area (Å²) in [5, 5.41) is 5.53. The SMILES string of the molecule is CCOc1ccccc1C(=O)NC(=S)N1CCNC(=O)C1CC(=O)OC1CCCCC1. The Balaban J connectivity index is 1.64. The molecule has 1 saturated carbocycles. The lowest BCUT2D eigenvalue weighted by Gasteiger charge is -2.36. The van der Waals surface area contributed by atoms with Gasteiger partial charge in [-0.3, -0.25) is 19.7 Å². The van der Waals surface area contributed by atoms with E-state index in [1.165, 1.54) is 0 Å². The molecule has 2 aliphatic rings. The molecule has 168 valence electrons. The van der Waals surface area contributed by atoms with Crippen molar-refractivity contribution in [1.29, 1.82) is 0 Å². The second-order valence-corrected chi connectivity index (χ2v) is 8.03. The number of thiocarbonyl (C=S) groups is 1. The van der Waals surface area contributed by atoms with Crippen LogP contribution < -0.4 is 15.4 Å². The fraction of sp³-hybridized carbons (Fsp3) is 0.545. The van der Waals surface area contributed by atoms with Gasteiger partial charge in [-0.05, 0) is 57.0 Å². The fourth-order valence-electron chi connectivity index (χ4n) is 3.91. The molecule has 0 radical (unpaired) electrons. The number of ether oxygens (including phenoxy) is 2. The number of hydrogen-bond donors (Lipinski definition) is 2. The summed E-state index contributed by atoms with van der Waals surface area (Å²) in [7, 11) is 0. The molecule has 2 fully saturated rings. The Kier molecular flexibility index (Phi) is 8.22. The average molecular weight is 448 g/mol. The zero-order valence-electron chi connectivity index (χ0n) is 17.7. The Hall–Kier alpha value is -2.68. The van der Waals surface area contributed by atoms with Gasteiger partial charge >= 0.3 is 5.97 Å². The van der Waals surface area contributed by atoms with E-state index in [4.69, 9.17) is 21.7 Å². The number of carbonyl (C=O) groups excluding carboxylic acids is 3. The number of esters is 1. The Labute approximate surface area is 187 Å². The van der Waals surface area contributed by atoms with Crippen LogP contribution in [0.2, 0.25) is 0 Å². The monoisotopic (exact) mass is 447 g/mol. The molecule has 1 atom stereocenters. The van der Waals surface area contributed by atoms with E-state index < -0.39 is 17.9 Å². The van der Waals surface area contributed by atoms with Crippen LogP contribution in [0.3, 0.4) is 0 Å². The van der Waals surface area contributed by atoms with Gasteiger partial charge in [0, 0.05) is 13.1 Å². The summed E-state index contributed by atoms with van der Waals surface area (Å²) in [4.78, 5) is 39.3. The first-order valence-electron chi connectivity index (χ1n) is 10.8. The summed E-state index contributed by atoms with van der Waals surface area (Å²) >= 11 is 5.42. The third-order valence-electron chi connectivity index (χ3n) is 5.45. The molecule has 9 heteroatoms. The highest BCUT2D eigenvalue weighted by Crippen LogP contribution is 2.22. The molecule has 2 N–H and O–H groups in total. The molecule has 8 nitrogen and oxygen atoms in total. The Morgan fingerprint density at radius 2 is 1.97 bits per heavy atom. The molecular formula is C22H29N3O5S. The molecule has 3 rings (SSSR count). The van der Waals surface area contributed by atoms with Crippen molar-refractivity contribution in [2.24, 2.45) is 0 Å². The molecule has 2 amide bonds. The van der Waals surface area contributed by atoms with Gasteiger partial charge in [0.15, 0.2) is 5.11 Å². The van der Waals surface area contributed by atoms with Crippen molar-refractivity contribution in [1.82, 2.24) is 15.5 Å². The summed E-state index contributed by atoms with van der Waals surface area (Å²) in [6, 6.07) is 6.05. The van der Waals surface area contributed by atoms with E-state index in [0.717, 1.165) is 32.1 Å². The van der Waals surface area contributed by atoms with Crippen LogP contribution in [-0.2, 0) is 14.3 Å². The van der Waals surface area contributed by atoms with Gasteiger partial charge in [-0.2, -0.15) is 0 Å². The van der Waals surface area contributed by atoms with Crippen molar-refractivity contribution < 1.29 is 23.9 Å². The first kappa shape index (κ1) is 23.0. The van der Waals surface area contributed by atoms with Gasteiger partial charge in [0.1, 0.15) is 17.9 Å².